The van der Waals surface area contributed by atoms with Gasteiger partial charge < -0.3 is 20.5 Å². The van der Waals surface area contributed by atoms with Crippen molar-refractivity contribution in [1.29, 1.82) is 0 Å². The zero-order valence-electron chi connectivity index (χ0n) is 12.2. The zero-order chi connectivity index (χ0) is 13.6. The standard InChI is InChI=1S/C14H30N2O2/c1-13(2,11-15)5-4-8-16(3)12-14(17)6-9-18-10-7-14/h17H,4-12,15H2,1-3H3. The van der Waals surface area contributed by atoms with E-state index in [1.165, 1.54) is 0 Å². The van der Waals surface area contributed by atoms with Crippen LogP contribution in [0.1, 0.15) is 39.5 Å². The van der Waals surface area contributed by atoms with Gasteiger partial charge in [-0.15, -0.1) is 0 Å². The summed E-state index contributed by atoms with van der Waals surface area (Å²) in [7, 11) is 2.09. The molecule has 0 aromatic heterocycles. The third kappa shape index (κ3) is 5.65. The van der Waals surface area contributed by atoms with Crippen LogP contribution in [0.4, 0.5) is 0 Å². The highest BCUT2D eigenvalue weighted by Gasteiger charge is 2.30. The van der Waals surface area contributed by atoms with E-state index >= 15 is 0 Å². The Bertz CT molecular complexity index is 238. The van der Waals surface area contributed by atoms with E-state index in [4.69, 9.17) is 10.5 Å². The van der Waals surface area contributed by atoms with Gasteiger partial charge in [-0.25, -0.2) is 0 Å². The minimum atomic E-state index is -0.545. The number of hydrogen-bond acceptors (Lipinski definition) is 4. The quantitative estimate of drug-likeness (QED) is 0.721. The monoisotopic (exact) mass is 258 g/mol. The van der Waals surface area contributed by atoms with Crippen LogP contribution in [-0.2, 0) is 4.74 Å². The molecule has 4 heteroatoms. The van der Waals surface area contributed by atoms with Gasteiger partial charge in [0.25, 0.3) is 0 Å². The molecule has 0 unspecified atom stereocenters. The Morgan fingerprint density at radius 1 is 1.33 bits per heavy atom. The maximum Gasteiger partial charge on any atom is 0.0817 e. The molecule has 3 N–H and O–H groups in total. The average Bonchev–Trinajstić information content (AvgIpc) is 2.29. The number of nitrogens with zero attached hydrogens (tertiary/aromatic N) is 1. The minimum absolute atomic E-state index is 0.233. The van der Waals surface area contributed by atoms with E-state index in [1.807, 2.05) is 0 Å². The third-order valence-corrected chi connectivity index (χ3v) is 3.93. The SMILES string of the molecule is CN(CCCC(C)(C)CN)CC1(O)CCOCC1. The molecule has 0 amide bonds. The van der Waals surface area contributed by atoms with Crippen molar-refractivity contribution in [3.8, 4) is 0 Å². The van der Waals surface area contributed by atoms with Crippen molar-refractivity contribution < 1.29 is 9.84 Å². The highest BCUT2D eigenvalue weighted by Crippen LogP contribution is 2.23. The number of rotatable bonds is 7. The second kappa shape index (κ2) is 6.85. The van der Waals surface area contributed by atoms with E-state index in [-0.39, 0.29) is 5.41 Å². The molecule has 108 valence electrons. The lowest BCUT2D eigenvalue weighted by atomic mass is 9.88. The number of ether oxygens (including phenoxy) is 1. The summed E-state index contributed by atoms with van der Waals surface area (Å²) in [6.07, 6.45) is 3.78. The van der Waals surface area contributed by atoms with Gasteiger partial charge in [-0.05, 0) is 38.4 Å². The maximum absolute atomic E-state index is 10.4. The zero-order valence-corrected chi connectivity index (χ0v) is 12.2. The molecule has 1 fully saturated rings. The van der Waals surface area contributed by atoms with Gasteiger partial charge in [0.2, 0.25) is 0 Å². The molecule has 1 saturated heterocycles. The Morgan fingerprint density at radius 2 is 1.94 bits per heavy atom. The summed E-state index contributed by atoms with van der Waals surface area (Å²) < 4.78 is 5.29. The van der Waals surface area contributed by atoms with Crippen molar-refractivity contribution in [2.45, 2.75) is 45.1 Å². The summed E-state index contributed by atoms with van der Waals surface area (Å²) in [6.45, 7) is 8.29. The summed E-state index contributed by atoms with van der Waals surface area (Å²) in [6, 6.07) is 0. The van der Waals surface area contributed by atoms with Crippen LogP contribution in [0, 0.1) is 5.41 Å². The molecule has 1 heterocycles. The first-order valence-electron chi connectivity index (χ1n) is 7.06. The molecule has 18 heavy (non-hydrogen) atoms. The van der Waals surface area contributed by atoms with Gasteiger partial charge in [0.15, 0.2) is 0 Å². The molecule has 0 aromatic rings. The summed E-state index contributed by atoms with van der Waals surface area (Å²) in [5.41, 5.74) is 5.41. The van der Waals surface area contributed by atoms with Crippen molar-refractivity contribution in [2.24, 2.45) is 11.1 Å². The second-order valence-electron chi connectivity index (χ2n) is 6.55. The van der Waals surface area contributed by atoms with E-state index in [2.05, 4.69) is 25.8 Å². The van der Waals surface area contributed by atoms with Crippen molar-refractivity contribution in [1.82, 2.24) is 4.90 Å². The molecule has 0 aromatic carbocycles. The first kappa shape index (κ1) is 15.9. The van der Waals surface area contributed by atoms with Gasteiger partial charge in [-0.3, -0.25) is 0 Å². The molecule has 4 nitrogen and oxygen atoms in total. The first-order valence-corrected chi connectivity index (χ1v) is 7.06. The maximum atomic E-state index is 10.4. The second-order valence-corrected chi connectivity index (χ2v) is 6.55. The largest absolute Gasteiger partial charge is 0.388 e. The Morgan fingerprint density at radius 3 is 2.50 bits per heavy atom. The number of hydrogen-bond donors (Lipinski definition) is 2. The summed E-state index contributed by atoms with van der Waals surface area (Å²) in [5.74, 6) is 0. The fourth-order valence-corrected chi connectivity index (χ4v) is 2.42. The number of aliphatic hydroxyl groups is 1. The van der Waals surface area contributed by atoms with E-state index in [9.17, 15) is 5.11 Å². The molecule has 0 bridgehead atoms. The van der Waals surface area contributed by atoms with E-state index in [0.717, 1.165) is 45.3 Å². The normalized spacial score (nSPS) is 20.3. The summed E-state index contributed by atoms with van der Waals surface area (Å²) in [4.78, 5) is 2.23. The molecule has 0 aliphatic carbocycles. The van der Waals surface area contributed by atoms with Gasteiger partial charge in [0, 0.05) is 32.6 Å². The number of likely N-dealkylation sites (N-methyl/N-ethyl adjacent to an activating group) is 1. The molecular formula is C14H30N2O2. The van der Waals surface area contributed by atoms with Crippen molar-refractivity contribution >= 4 is 0 Å². The van der Waals surface area contributed by atoms with Crippen molar-refractivity contribution in [3.05, 3.63) is 0 Å². The van der Waals surface area contributed by atoms with Crippen LogP contribution in [0.5, 0.6) is 0 Å². The van der Waals surface area contributed by atoms with E-state index in [1.54, 1.807) is 0 Å². The van der Waals surface area contributed by atoms with Gasteiger partial charge >= 0.3 is 0 Å². The Hall–Kier alpha value is -0.160. The highest BCUT2D eigenvalue weighted by molar-refractivity contribution is 4.84. The Kier molecular flexibility index (Phi) is 6.05. The molecule has 1 aliphatic heterocycles. The minimum Gasteiger partial charge on any atom is -0.388 e. The Balaban J connectivity index is 2.22. The van der Waals surface area contributed by atoms with Crippen LogP contribution >= 0.6 is 0 Å². The fraction of sp³-hybridized carbons (Fsp3) is 1.00. The van der Waals surface area contributed by atoms with Gasteiger partial charge in [-0.1, -0.05) is 13.8 Å². The van der Waals surface area contributed by atoms with Crippen LogP contribution in [-0.4, -0.2) is 55.5 Å². The molecule has 0 atom stereocenters. The van der Waals surface area contributed by atoms with Crippen LogP contribution in [0.2, 0.25) is 0 Å². The predicted molar refractivity (Wildman–Crippen MR) is 74.6 cm³/mol. The molecular weight excluding hydrogens is 228 g/mol. The van der Waals surface area contributed by atoms with Crippen molar-refractivity contribution in [2.75, 3.05) is 39.9 Å². The lowest BCUT2D eigenvalue weighted by molar-refractivity contribution is -0.0770. The lowest BCUT2D eigenvalue weighted by Crippen LogP contribution is -2.46. The van der Waals surface area contributed by atoms with Gasteiger partial charge in [0.1, 0.15) is 0 Å². The van der Waals surface area contributed by atoms with Gasteiger partial charge in [0.05, 0.1) is 5.60 Å². The van der Waals surface area contributed by atoms with E-state index < -0.39 is 5.60 Å². The van der Waals surface area contributed by atoms with E-state index in [0.29, 0.717) is 13.2 Å². The molecule has 0 radical (unpaired) electrons. The average molecular weight is 258 g/mol. The van der Waals surface area contributed by atoms with Crippen LogP contribution in [0.15, 0.2) is 0 Å². The van der Waals surface area contributed by atoms with Gasteiger partial charge in [-0.2, -0.15) is 0 Å². The highest BCUT2D eigenvalue weighted by atomic mass is 16.5. The third-order valence-electron chi connectivity index (χ3n) is 3.93. The van der Waals surface area contributed by atoms with Crippen LogP contribution in [0.3, 0.4) is 0 Å². The topological polar surface area (TPSA) is 58.7 Å². The smallest absolute Gasteiger partial charge is 0.0817 e. The predicted octanol–water partition coefficient (Wildman–Crippen LogP) is 1.22. The summed E-state index contributed by atoms with van der Waals surface area (Å²) >= 11 is 0. The first-order chi connectivity index (χ1) is 8.37. The summed E-state index contributed by atoms with van der Waals surface area (Å²) in [5, 5.41) is 10.4. The van der Waals surface area contributed by atoms with Crippen LogP contribution < -0.4 is 5.73 Å². The molecule has 0 spiro atoms. The molecule has 1 rings (SSSR count). The van der Waals surface area contributed by atoms with Crippen LogP contribution in [0.25, 0.3) is 0 Å². The Labute approximate surface area is 111 Å². The lowest BCUT2D eigenvalue weighted by Gasteiger charge is -2.35. The fourth-order valence-electron chi connectivity index (χ4n) is 2.42. The van der Waals surface area contributed by atoms with Crippen molar-refractivity contribution in [3.63, 3.8) is 0 Å². The number of nitrogens with two attached hydrogens (primary N) is 1. The molecule has 0 saturated carbocycles. The molecule has 1 aliphatic rings.